The van der Waals surface area contributed by atoms with Crippen LogP contribution in [0, 0.1) is 23.7 Å². The molecule has 1 heterocycles. The van der Waals surface area contributed by atoms with E-state index in [4.69, 9.17) is 10.5 Å². The fourth-order valence-electron chi connectivity index (χ4n) is 4.86. The van der Waals surface area contributed by atoms with Gasteiger partial charge in [-0.3, -0.25) is 0 Å². The summed E-state index contributed by atoms with van der Waals surface area (Å²) < 4.78 is 5.46. The zero-order valence-corrected chi connectivity index (χ0v) is 12.4. The molecule has 1 saturated heterocycles. The summed E-state index contributed by atoms with van der Waals surface area (Å²) in [5.41, 5.74) is 6.56. The van der Waals surface area contributed by atoms with Crippen LogP contribution in [0.4, 0.5) is 0 Å². The predicted molar refractivity (Wildman–Crippen MR) is 78.9 cm³/mol. The number of hydrogen-bond acceptors (Lipinski definition) is 2. The molecule has 0 amide bonds. The summed E-state index contributed by atoms with van der Waals surface area (Å²) in [4.78, 5) is 0. The van der Waals surface area contributed by atoms with Crippen molar-refractivity contribution in [2.75, 3.05) is 13.2 Å². The summed E-state index contributed by atoms with van der Waals surface area (Å²) in [6.45, 7) is 1.93. The van der Waals surface area contributed by atoms with E-state index in [0.717, 1.165) is 36.9 Å². The topological polar surface area (TPSA) is 35.2 Å². The molecule has 2 nitrogen and oxygen atoms in total. The molecule has 19 heavy (non-hydrogen) atoms. The number of hydrogen-bond donors (Lipinski definition) is 1. The SMILES string of the molecule is NC(CC1CCOCC1)C1CCC2CCCCC2C1. The van der Waals surface area contributed by atoms with Crippen molar-refractivity contribution in [1.82, 2.24) is 0 Å². The van der Waals surface area contributed by atoms with E-state index in [1.54, 1.807) is 0 Å². The largest absolute Gasteiger partial charge is 0.381 e. The van der Waals surface area contributed by atoms with Gasteiger partial charge in [-0.2, -0.15) is 0 Å². The molecular weight excluding hydrogens is 234 g/mol. The minimum atomic E-state index is 0.464. The van der Waals surface area contributed by atoms with Crippen molar-refractivity contribution in [3.63, 3.8) is 0 Å². The van der Waals surface area contributed by atoms with Crippen LogP contribution in [0.5, 0.6) is 0 Å². The van der Waals surface area contributed by atoms with Gasteiger partial charge in [0, 0.05) is 19.3 Å². The Hall–Kier alpha value is -0.0800. The first-order valence-electron chi connectivity index (χ1n) is 8.66. The summed E-state index contributed by atoms with van der Waals surface area (Å²) in [6.07, 6.45) is 14.0. The molecule has 0 bridgehead atoms. The van der Waals surface area contributed by atoms with Crippen molar-refractivity contribution in [3.05, 3.63) is 0 Å². The van der Waals surface area contributed by atoms with Gasteiger partial charge in [0.1, 0.15) is 0 Å². The fraction of sp³-hybridized carbons (Fsp3) is 1.00. The summed E-state index contributed by atoms with van der Waals surface area (Å²) >= 11 is 0. The Bertz CT molecular complexity index is 274. The maximum absolute atomic E-state index is 6.56. The third-order valence-electron chi connectivity index (χ3n) is 6.13. The van der Waals surface area contributed by atoms with Crippen LogP contribution in [0.3, 0.4) is 0 Å². The zero-order valence-electron chi connectivity index (χ0n) is 12.4. The molecule has 0 spiro atoms. The zero-order chi connectivity index (χ0) is 13.1. The normalized spacial score (nSPS) is 38.7. The van der Waals surface area contributed by atoms with Crippen LogP contribution in [0.2, 0.25) is 0 Å². The van der Waals surface area contributed by atoms with E-state index in [1.165, 1.54) is 64.2 Å². The van der Waals surface area contributed by atoms with Gasteiger partial charge in [0.15, 0.2) is 0 Å². The second kappa shape index (κ2) is 6.58. The van der Waals surface area contributed by atoms with Crippen LogP contribution in [0.1, 0.15) is 64.2 Å². The van der Waals surface area contributed by atoms with Gasteiger partial charge < -0.3 is 10.5 Å². The van der Waals surface area contributed by atoms with Crippen LogP contribution in [-0.2, 0) is 4.74 Å². The molecule has 0 aromatic carbocycles. The first-order chi connectivity index (χ1) is 9.33. The Morgan fingerprint density at radius 3 is 2.42 bits per heavy atom. The molecule has 2 heteroatoms. The Kier molecular flexibility index (Phi) is 4.81. The van der Waals surface area contributed by atoms with Crippen molar-refractivity contribution >= 4 is 0 Å². The molecule has 2 saturated carbocycles. The van der Waals surface area contributed by atoms with Crippen LogP contribution in [0.15, 0.2) is 0 Å². The number of rotatable bonds is 3. The average Bonchev–Trinajstić information content (AvgIpc) is 2.48. The minimum absolute atomic E-state index is 0.464. The summed E-state index contributed by atoms with van der Waals surface area (Å²) in [5.74, 6) is 3.74. The molecule has 0 radical (unpaired) electrons. The first kappa shape index (κ1) is 13.9. The fourth-order valence-corrected chi connectivity index (χ4v) is 4.86. The van der Waals surface area contributed by atoms with Gasteiger partial charge in [-0.25, -0.2) is 0 Å². The van der Waals surface area contributed by atoms with Gasteiger partial charge in [-0.15, -0.1) is 0 Å². The molecule has 3 rings (SSSR count). The minimum Gasteiger partial charge on any atom is -0.381 e. The van der Waals surface area contributed by atoms with Gasteiger partial charge in [0.25, 0.3) is 0 Å². The van der Waals surface area contributed by atoms with E-state index in [0.29, 0.717) is 6.04 Å². The lowest BCUT2D eigenvalue weighted by Crippen LogP contribution is -2.39. The molecule has 0 aromatic heterocycles. The second-order valence-corrected chi connectivity index (χ2v) is 7.33. The molecule has 0 aromatic rings. The summed E-state index contributed by atoms with van der Waals surface area (Å²) in [5, 5.41) is 0. The lowest BCUT2D eigenvalue weighted by molar-refractivity contribution is 0.0542. The van der Waals surface area contributed by atoms with Gasteiger partial charge in [-0.1, -0.05) is 25.7 Å². The molecule has 3 fully saturated rings. The highest BCUT2D eigenvalue weighted by atomic mass is 16.5. The molecule has 4 atom stereocenters. The lowest BCUT2D eigenvalue weighted by atomic mass is 9.65. The van der Waals surface area contributed by atoms with Crippen molar-refractivity contribution in [2.45, 2.75) is 70.3 Å². The van der Waals surface area contributed by atoms with E-state index < -0.39 is 0 Å². The van der Waals surface area contributed by atoms with Gasteiger partial charge in [-0.05, 0) is 62.2 Å². The molecule has 2 N–H and O–H groups in total. The Balaban J connectivity index is 1.48. The maximum Gasteiger partial charge on any atom is 0.0468 e. The Morgan fingerprint density at radius 2 is 1.63 bits per heavy atom. The third-order valence-corrected chi connectivity index (χ3v) is 6.13. The van der Waals surface area contributed by atoms with Crippen LogP contribution < -0.4 is 5.73 Å². The van der Waals surface area contributed by atoms with Gasteiger partial charge >= 0.3 is 0 Å². The van der Waals surface area contributed by atoms with Crippen molar-refractivity contribution < 1.29 is 4.74 Å². The number of nitrogens with two attached hydrogens (primary N) is 1. The van der Waals surface area contributed by atoms with Crippen LogP contribution >= 0.6 is 0 Å². The number of ether oxygens (including phenoxy) is 1. The third kappa shape index (κ3) is 3.52. The molecule has 1 aliphatic heterocycles. The molecule has 3 aliphatic rings. The van der Waals surface area contributed by atoms with Gasteiger partial charge in [0.05, 0.1) is 0 Å². The molecule has 2 aliphatic carbocycles. The van der Waals surface area contributed by atoms with Crippen molar-refractivity contribution in [1.29, 1.82) is 0 Å². The molecular formula is C17H31NO. The molecule has 110 valence electrons. The highest BCUT2D eigenvalue weighted by Gasteiger charge is 2.34. The smallest absolute Gasteiger partial charge is 0.0468 e. The summed E-state index contributed by atoms with van der Waals surface area (Å²) in [7, 11) is 0. The first-order valence-corrected chi connectivity index (χ1v) is 8.66. The standard InChI is InChI=1S/C17H31NO/c18-17(11-13-7-9-19-10-8-13)16-6-5-14-3-1-2-4-15(14)12-16/h13-17H,1-12,18H2. The highest BCUT2D eigenvalue weighted by molar-refractivity contribution is 4.88. The summed E-state index contributed by atoms with van der Waals surface area (Å²) in [6, 6.07) is 0.464. The lowest BCUT2D eigenvalue weighted by Gasteiger charge is -2.42. The average molecular weight is 265 g/mol. The second-order valence-electron chi connectivity index (χ2n) is 7.33. The van der Waals surface area contributed by atoms with Crippen LogP contribution in [-0.4, -0.2) is 19.3 Å². The van der Waals surface area contributed by atoms with E-state index in [1.807, 2.05) is 0 Å². The van der Waals surface area contributed by atoms with Crippen molar-refractivity contribution in [3.8, 4) is 0 Å². The maximum atomic E-state index is 6.56. The Labute approximate surface area is 118 Å². The van der Waals surface area contributed by atoms with E-state index in [2.05, 4.69) is 0 Å². The van der Waals surface area contributed by atoms with E-state index in [-0.39, 0.29) is 0 Å². The van der Waals surface area contributed by atoms with Crippen LogP contribution in [0.25, 0.3) is 0 Å². The molecule has 4 unspecified atom stereocenters. The van der Waals surface area contributed by atoms with Crippen molar-refractivity contribution in [2.24, 2.45) is 29.4 Å². The van der Waals surface area contributed by atoms with E-state index in [9.17, 15) is 0 Å². The van der Waals surface area contributed by atoms with Gasteiger partial charge in [0.2, 0.25) is 0 Å². The highest BCUT2D eigenvalue weighted by Crippen LogP contribution is 2.44. The Morgan fingerprint density at radius 1 is 0.895 bits per heavy atom. The quantitative estimate of drug-likeness (QED) is 0.843. The number of fused-ring (bicyclic) bond motifs is 1. The van der Waals surface area contributed by atoms with E-state index >= 15 is 0 Å². The monoisotopic (exact) mass is 265 g/mol. The predicted octanol–water partition coefficient (Wildman–Crippen LogP) is 3.74.